The molecule has 0 saturated carbocycles. The molecule has 0 aliphatic heterocycles. The van der Waals surface area contributed by atoms with Crippen molar-refractivity contribution in [2.75, 3.05) is 18.1 Å². The number of anilines is 1. The molecule has 3 aromatic rings. The number of thioether (sulfide) groups is 1. The van der Waals surface area contributed by atoms with Crippen LogP contribution in [0.4, 0.5) is 5.69 Å². The van der Waals surface area contributed by atoms with Gasteiger partial charge in [-0.1, -0.05) is 6.07 Å². The standard InChI is InChI=1S/C19H20N2O3S/c1-25-18-8-2-5-15(11-18)20-19(22)14-21(12-16-6-3-9-23-16)13-17-7-4-10-24-17/h2-11H,12-14H2,1H3,(H,20,22). The Morgan fingerprint density at radius 3 is 2.28 bits per heavy atom. The average molecular weight is 356 g/mol. The summed E-state index contributed by atoms with van der Waals surface area (Å²) in [6.45, 7) is 1.31. The second kappa shape index (κ2) is 8.60. The highest BCUT2D eigenvalue weighted by atomic mass is 32.2. The molecule has 0 radical (unpaired) electrons. The lowest BCUT2D eigenvalue weighted by atomic mass is 10.3. The average Bonchev–Trinajstić information content (AvgIpc) is 3.29. The summed E-state index contributed by atoms with van der Waals surface area (Å²) in [7, 11) is 0. The monoisotopic (exact) mass is 356 g/mol. The first-order chi connectivity index (χ1) is 12.2. The third-order valence-electron chi connectivity index (χ3n) is 3.64. The van der Waals surface area contributed by atoms with Gasteiger partial charge in [0.15, 0.2) is 0 Å². The van der Waals surface area contributed by atoms with Crippen LogP contribution in [-0.2, 0) is 17.9 Å². The normalized spacial score (nSPS) is 11.0. The van der Waals surface area contributed by atoms with Gasteiger partial charge in [-0.25, -0.2) is 0 Å². The van der Waals surface area contributed by atoms with Crippen LogP contribution < -0.4 is 5.32 Å². The van der Waals surface area contributed by atoms with Crippen LogP contribution in [0.25, 0.3) is 0 Å². The Kier molecular flexibility index (Phi) is 5.98. The van der Waals surface area contributed by atoms with Gasteiger partial charge >= 0.3 is 0 Å². The number of amides is 1. The van der Waals surface area contributed by atoms with Crippen LogP contribution in [0.5, 0.6) is 0 Å². The summed E-state index contributed by atoms with van der Waals surface area (Å²) < 4.78 is 10.8. The predicted octanol–water partition coefficient (Wildman–Crippen LogP) is 4.24. The van der Waals surface area contributed by atoms with Crippen molar-refractivity contribution in [1.29, 1.82) is 0 Å². The molecule has 0 bridgehead atoms. The topological polar surface area (TPSA) is 58.6 Å². The largest absolute Gasteiger partial charge is 0.468 e. The van der Waals surface area contributed by atoms with Crippen molar-refractivity contribution in [3.63, 3.8) is 0 Å². The Bertz CT molecular complexity index is 749. The number of hydrogen-bond donors (Lipinski definition) is 1. The molecule has 0 aliphatic carbocycles. The van der Waals surface area contributed by atoms with E-state index in [2.05, 4.69) is 5.32 Å². The Morgan fingerprint density at radius 2 is 1.72 bits per heavy atom. The lowest BCUT2D eigenvalue weighted by molar-refractivity contribution is -0.117. The van der Waals surface area contributed by atoms with Crippen LogP contribution in [0, 0.1) is 0 Å². The second-order valence-electron chi connectivity index (χ2n) is 5.58. The van der Waals surface area contributed by atoms with Crippen LogP contribution in [-0.4, -0.2) is 23.6 Å². The molecule has 2 heterocycles. The summed E-state index contributed by atoms with van der Waals surface area (Å²) in [4.78, 5) is 15.5. The number of rotatable bonds is 8. The van der Waals surface area contributed by atoms with E-state index in [1.165, 1.54) is 0 Å². The molecule has 0 spiro atoms. The van der Waals surface area contributed by atoms with Crippen molar-refractivity contribution in [3.05, 3.63) is 72.6 Å². The Hall–Kier alpha value is -2.44. The van der Waals surface area contributed by atoms with Crippen molar-refractivity contribution in [2.24, 2.45) is 0 Å². The van der Waals surface area contributed by atoms with Gasteiger partial charge in [0, 0.05) is 10.6 Å². The molecule has 0 saturated heterocycles. The van der Waals surface area contributed by atoms with Gasteiger partial charge in [0.25, 0.3) is 0 Å². The molecule has 5 nitrogen and oxygen atoms in total. The SMILES string of the molecule is CSc1cccc(NC(=O)CN(Cc2ccco2)Cc2ccco2)c1. The maximum Gasteiger partial charge on any atom is 0.238 e. The van der Waals surface area contributed by atoms with E-state index in [4.69, 9.17) is 8.83 Å². The first-order valence-electron chi connectivity index (χ1n) is 7.94. The Morgan fingerprint density at radius 1 is 1.04 bits per heavy atom. The summed E-state index contributed by atoms with van der Waals surface area (Å²) in [5, 5.41) is 2.95. The van der Waals surface area contributed by atoms with Crippen LogP contribution in [0.3, 0.4) is 0 Å². The number of benzene rings is 1. The zero-order chi connectivity index (χ0) is 17.5. The van der Waals surface area contributed by atoms with Crippen molar-refractivity contribution in [3.8, 4) is 0 Å². The third kappa shape index (κ3) is 5.27. The first-order valence-corrected chi connectivity index (χ1v) is 9.16. The molecule has 130 valence electrons. The van der Waals surface area contributed by atoms with Gasteiger partial charge in [-0.15, -0.1) is 11.8 Å². The highest BCUT2D eigenvalue weighted by Gasteiger charge is 2.15. The van der Waals surface area contributed by atoms with E-state index >= 15 is 0 Å². The summed E-state index contributed by atoms with van der Waals surface area (Å²) in [5.41, 5.74) is 0.799. The zero-order valence-corrected chi connectivity index (χ0v) is 14.8. The molecule has 3 rings (SSSR count). The van der Waals surface area contributed by atoms with Crippen LogP contribution in [0.1, 0.15) is 11.5 Å². The quantitative estimate of drug-likeness (QED) is 0.612. The lowest BCUT2D eigenvalue weighted by Crippen LogP contribution is -2.32. The summed E-state index contributed by atoms with van der Waals surface area (Å²) in [6, 6.07) is 15.3. The van der Waals surface area contributed by atoms with Crippen molar-refractivity contribution < 1.29 is 13.6 Å². The summed E-state index contributed by atoms with van der Waals surface area (Å²) in [5.74, 6) is 1.55. The molecule has 6 heteroatoms. The predicted molar refractivity (Wildman–Crippen MR) is 98.4 cm³/mol. The van der Waals surface area contributed by atoms with Gasteiger partial charge in [-0.3, -0.25) is 9.69 Å². The van der Waals surface area contributed by atoms with Crippen LogP contribution in [0.15, 0.2) is 74.8 Å². The molecule has 1 N–H and O–H groups in total. The van der Waals surface area contributed by atoms with E-state index in [1.54, 1.807) is 24.3 Å². The highest BCUT2D eigenvalue weighted by Crippen LogP contribution is 2.19. The van der Waals surface area contributed by atoms with Crippen molar-refractivity contribution >= 4 is 23.4 Å². The molecule has 1 amide bonds. The van der Waals surface area contributed by atoms with E-state index < -0.39 is 0 Å². The fraction of sp³-hybridized carbons (Fsp3) is 0.211. The maximum atomic E-state index is 12.5. The molecule has 0 atom stereocenters. The third-order valence-corrected chi connectivity index (χ3v) is 4.37. The van der Waals surface area contributed by atoms with Crippen molar-refractivity contribution in [1.82, 2.24) is 4.90 Å². The van der Waals surface area contributed by atoms with Gasteiger partial charge in [-0.2, -0.15) is 0 Å². The van der Waals surface area contributed by atoms with Gasteiger partial charge < -0.3 is 14.2 Å². The number of nitrogens with one attached hydrogen (secondary N) is 1. The molecule has 25 heavy (non-hydrogen) atoms. The maximum absolute atomic E-state index is 12.5. The zero-order valence-electron chi connectivity index (χ0n) is 14.0. The fourth-order valence-electron chi connectivity index (χ4n) is 2.52. The minimum absolute atomic E-state index is 0.0728. The Balaban J connectivity index is 1.64. The highest BCUT2D eigenvalue weighted by molar-refractivity contribution is 7.98. The van der Waals surface area contributed by atoms with E-state index in [0.29, 0.717) is 13.1 Å². The molecule has 0 fully saturated rings. The summed E-state index contributed by atoms with van der Waals surface area (Å²) >= 11 is 1.64. The molecule has 0 aliphatic rings. The van der Waals surface area contributed by atoms with Crippen LogP contribution >= 0.6 is 11.8 Å². The van der Waals surface area contributed by atoms with E-state index in [1.807, 2.05) is 59.7 Å². The van der Waals surface area contributed by atoms with Gasteiger partial charge in [0.2, 0.25) is 5.91 Å². The van der Waals surface area contributed by atoms with Gasteiger partial charge in [-0.05, 0) is 48.7 Å². The van der Waals surface area contributed by atoms with E-state index in [0.717, 1.165) is 22.1 Å². The number of hydrogen-bond acceptors (Lipinski definition) is 5. The summed E-state index contributed by atoms with van der Waals surface area (Å²) in [6.07, 6.45) is 5.28. The number of carbonyl (C=O) groups excluding carboxylic acids is 1. The molecule has 1 aromatic carbocycles. The lowest BCUT2D eigenvalue weighted by Gasteiger charge is -2.19. The molecule has 2 aromatic heterocycles. The minimum atomic E-state index is -0.0728. The number of furan rings is 2. The minimum Gasteiger partial charge on any atom is -0.468 e. The Labute approximate surface area is 151 Å². The molecular weight excluding hydrogens is 336 g/mol. The smallest absolute Gasteiger partial charge is 0.238 e. The van der Waals surface area contributed by atoms with Crippen molar-refractivity contribution in [2.45, 2.75) is 18.0 Å². The molecular formula is C19H20N2O3S. The first kappa shape index (κ1) is 17.4. The van der Waals surface area contributed by atoms with Gasteiger partial charge in [0.1, 0.15) is 11.5 Å². The number of nitrogens with zero attached hydrogens (tertiary/aromatic N) is 1. The molecule has 0 unspecified atom stereocenters. The fourth-order valence-corrected chi connectivity index (χ4v) is 2.98. The van der Waals surface area contributed by atoms with E-state index in [9.17, 15) is 4.79 Å². The second-order valence-corrected chi connectivity index (χ2v) is 6.46. The number of carbonyl (C=O) groups is 1. The van der Waals surface area contributed by atoms with E-state index in [-0.39, 0.29) is 12.5 Å². The van der Waals surface area contributed by atoms with Crippen LogP contribution in [0.2, 0.25) is 0 Å². The van der Waals surface area contributed by atoms with Gasteiger partial charge in [0.05, 0.1) is 32.2 Å².